The number of aromatic nitrogens is 2. The maximum Gasteiger partial charge on any atom is 0.191 e. The zero-order chi connectivity index (χ0) is 19.9. The van der Waals surface area contributed by atoms with Crippen LogP contribution in [0.4, 0.5) is 0 Å². The van der Waals surface area contributed by atoms with Crippen molar-refractivity contribution in [2.45, 2.75) is 52.7 Å². The molecular weight excluding hydrogens is 348 g/mol. The fourth-order valence-corrected chi connectivity index (χ4v) is 3.91. The van der Waals surface area contributed by atoms with Gasteiger partial charge in [-0.2, -0.15) is 5.10 Å². The predicted molar refractivity (Wildman–Crippen MR) is 115 cm³/mol. The van der Waals surface area contributed by atoms with Crippen LogP contribution in [0.25, 0.3) is 0 Å². The van der Waals surface area contributed by atoms with Crippen LogP contribution in [0.5, 0.6) is 0 Å². The van der Waals surface area contributed by atoms with Crippen molar-refractivity contribution in [1.29, 1.82) is 0 Å². The van der Waals surface area contributed by atoms with E-state index in [0.29, 0.717) is 12.6 Å². The fraction of sp³-hybridized carbons (Fsp3) is 0.545. The largest absolute Gasteiger partial charge is 0.357 e. The Balaban J connectivity index is 1.59. The van der Waals surface area contributed by atoms with E-state index in [0.717, 1.165) is 31.3 Å². The van der Waals surface area contributed by atoms with Crippen molar-refractivity contribution in [3.63, 3.8) is 0 Å². The average Bonchev–Trinajstić information content (AvgIpc) is 3.22. The molecule has 2 aromatic rings. The minimum atomic E-state index is 0.547. The van der Waals surface area contributed by atoms with Crippen molar-refractivity contribution < 1.29 is 0 Å². The smallest absolute Gasteiger partial charge is 0.191 e. The van der Waals surface area contributed by atoms with Gasteiger partial charge in [0.1, 0.15) is 0 Å². The van der Waals surface area contributed by atoms with Crippen LogP contribution in [0.3, 0.4) is 0 Å². The Morgan fingerprint density at radius 2 is 2.00 bits per heavy atom. The topological polar surface area (TPSA) is 57.5 Å². The molecule has 1 aliphatic rings. The Hall–Kier alpha value is -2.34. The number of likely N-dealkylation sites (tertiary alicyclic amines) is 1. The maximum absolute atomic E-state index is 4.81. The lowest BCUT2D eigenvalue weighted by Crippen LogP contribution is -2.44. The van der Waals surface area contributed by atoms with Crippen LogP contribution in [0.15, 0.2) is 35.3 Å². The molecule has 0 spiro atoms. The fourth-order valence-electron chi connectivity index (χ4n) is 3.91. The van der Waals surface area contributed by atoms with E-state index < -0.39 is 0 Å². The van der Waals surface area contributed by atoms with Crippen molar-refractivity contribution in [3.8, 4) is 0 Å². The first-order valence-electron chi connectivity index (χ1n) is 10.4. The summed E-state index contributed by atoms with van der Waals surface area (Å²) in [6.07, 6.45) is 2.50. The van der Waals surface area contributed by atoms with E-state index in [9.17, 15) is 0 Å². The van der Waals surface area contributed by atoms with Gasteiger partial charge < -0.3 is 10.6 Å². The summed E-state index contributed by atoms with van der Waals surface area (Å²) >= 11 is 0. The molecule has 2 N–H and O–H groups in total. The number of aliphatic imine (C=N–C) groups is 1. The number of hydrogen-bond donors (Lipinski definition) is 2. The first-order valence-corrected chi connectivity index (χ1v) is 10.4. The second-order valence-electron chi connectivity index (χ2n) is 7.60. The third-order valence-corrected chi connectivity index (χ3v) is 5.63. The second kappa shape index (κ2) is 9.73. The quantitative estimate of drug-likeness (QED) is 0.571. The van der Waals surface area contributed by atoms with Crippen LogP contribution in [0.1, 0.15) is 42.3 Å². The molecule has 1 aliphatic heterocycles. The molecule has 6 nitrogen and oxygen atoms in total. The maximum atomic E-state index is 4.81. The van der Waals surface area contributed by atoms with Gasteiger partial charge in [-0.15, -0.1) is 0 Å². The Morgan fingerprint density at radius 3 is 2.68 bits per heavy atom. The molecule has 3 rings (SSSR count). The summed E-state index contributed by atoms with van der Waals surface area (Å²) in [7, 11) is 1.99. The van der Waals surface area contributed by atoms with Gasteiger partial charge in [0.15, 0.2) is 5.96 Å². The van der Waals surface area contributed by atoms with Crippen LogP contribution >= 0.6 is 0 Å². The Kier molecular flexibility index (Phi) is 7.09. The summed E-state index contributed by atoms with van der Waals surface area (Å²) in [5.41, 5.74) is 4.84. The van der Waals surface area contributed by atoms with E-state index in [1.807, 2.05) is 11.7 Å². The molecule has 1 aromatic carbocycles. The summed E-state index contributed by atoms with van der Waals surface area (Å²) in [5, 5.41) is 11.4. The monoisotopic (exact) mass is 382 g/mol. The SMILES string of the molecule is CCNC(=NCc1c(C)nn(C)c1C)NCC1CCCN1Cc1ccccc1. The first kappa shape index (κ1) is 20.4. The molecule has 0 amide bonds. The number of nitrogens with zero attached hydrogens (tertiary/aromatic N) is 4. The van der Waals surface area contributed by atoms with Crippen molar-refractivity contribution in [2.75, 3.05) is 19.6 Å². The molecule has 1 saturated heterocycles. The van der Waals surface area contributed by atoms with E-state index in [1.165, 1.54) is 36.2 Å². The lowest BCUT2D eigenvalue weighted by molar-refractivity contribution is 0.245. The Bertz CT molecular complexity index is 780. The van der Waals surface area contributed by atoms with Gasteiger partial charge in [0, 0.05) is 44.0 Å². The van der Waals surface area contributed by atoms with Gasteiger partial charge in [0.05, 0.1) is 12.2 Å². The minimum Gasteiger partial charge on any atom is -0.357 e. The third-order valence-electron chi connectivity index (χ3n) is 5.63. The highest BCUT2D eigenvalue weighted by molar-refractivity contribution is 5.79. The van der Waals surface area contributed by atoms with E-state index in [-0.39, 0.29) is 0 Å². The minimum absolute atomic E-state index is 0.547. The number of aryl methyl sites for hydroxylation is 2. The number of guanidine groups is 1. The molecule has 0 aliphatic carbocycles. The standard InChI is InChI=1S/C22H34N6/c1-5-23-22(25-15-21-17(2)26-27(4)18(21)3)24-14-20-12-9-13-28(20)16-19-10-7-6-8-11-19/h6-8,10-11,20H,5,9,12-16H2,1-4H3,(H2,23,24,25). The van der Waals surface area contributed by atoms with E-state index >= 15 is 0 Å². The summed E-state index contributed by atoms with van der Waals surface area (Å²) < 4.78 is 1.93. The van der Waals surface area contributed by atoms with E-state index in [1.54, 1.807) is 0 Å². The van der Waals surface area contributed by atoms with Gasteiger partial charge in [-0.3, -0.25) is 9.58 Å². The van der Waals surface area contributed by atoms with Crippen LogP contribution in [0, 0.1) is 13.8 Å². The average molecular weight is 383 g/mol. The highest BCUT2D eigenvalue weighted by Crippen LogP contribution is 2.19. The Labute approximate surface area is 169 Å². The lowest BCUT2D eigenvalue weighted by atomic mass is 10.2. The second-order valence-corrected chi connectivity index (χ2v) is 7.60. The van der Waals surface area contributed by atoms with Gasteiger partial charge in [-0.1, -0.05) is 30.3 Å². The van der Waals surface area contributed by atoms with Crippen molar-refractivity contribution >= 4 is 5.96 Å². The molecule has 1 atom stereocenters. The third kappa shape index (κ3) is 5.13. The summed E-state index contributed by atoms with van der Waals surface area (Å²) in [5.74, 6) is 0.886. The number of hydrogen-bond acceptors (Lipinski definition) is 3. The number of rotatable bonds is 7. The zero-order valence-electron chi connectivity index (χ0n) is 17.7. The molecule has 1 aromatic heterocycles. The molecule has 0 saturated carbocycles. The molecule has 6 heteroatoms. The van der Waals surface area contributed by atoms with Crippen LogP contribution < -0.4 is 10.6 Å². The highest BCUT2D eigenvalue weighted by Gasteiger charge is 2.24. The predicted octanol–water partition coefficient (Wildman–Crippen LogP) is 2.76. The van der Waals surface area contributed by atoms with Gasteiger partial charge in [-0.25, -0.2) is 4.99 Å². The number of nitrogens with one attached hydrogen (secondary N) is 2. The molecule has 0 radical (unpaired) electrons. The van der Waals surface area contributed by atoms with Gasteiger partial charge >= 0.3 is 0 Å². The molecule has 1 unspecified atom stereocenters. The zero-order valence-corrected chi connectivity index (χ0v) is 17.7. The molecule has 1 fully saturated rings. The van der Waals surface area contributed by atoms with Crippen LogP contribution in [-0.2, 0) is 20.1 Å². The van der Waals surface area contributed by atoms with Crippen molar-refractivity contribution in [1.82, 2.24) is 25.3 Å². The van der Waals surface area contributed by atoms with Gasteiger partial charge in [0.2, 0.25) is 0 Å². The lowest BCUT2D eigenvalue weighted by Gasteiger charge is -2.25. The summed E-state index contributed by atoms with van der Waals surface area (Å²) in [4.78, 5) is 7.40. The highest BCUT2D eigenvalue weighted by atomic mass is 15.3. The van der Waals surface area contributed by atoms with Crippen molar-refractivity contribution in [3.05, 3.63) is 52.8 Å². The molecule has 152 valence electrons. The van der Waals surface area contributed by atoms with E-state index in [4.69, 9.17) is 4.99 Å². The van der Waals surface area contributed by atoms with Gasteiger partial charge in [0.25, 0.3) is 0 Å². The first-order chi connectivity index (χ1) is 13.6. The molecule has 28 heavy (non-hydrogen) atoms. The van der Waals surface area contributed by atoms with Crippen molar-refractivity contribution in [2.24, 2.45) is 12.0 Å². The molecule has 2 heterocycles. The summed E-state index contributed by atoms with van der Waals surface area (Å²) in [6.45, 7) is 10.9. The van der Waals surface area contributed by atoms with Crippen LogP contribution in [-0.4, -0.2) is 46.3 Å². The van der Waals surface area contributed by atoms with Crippen LogP contribution in [0.2, 0.25) is 0 Å². The number of benzene rings is 1. The molecule has 0 bridgehead atoms. The normalized spacial score (nSPS) is 17.9. The van der Waals surface area contributed by atoms with Gasteiger partial charge in [-0.05, 0) is 45.7 Å². The summed E-state index contributed by atoms with van der Waals surface area (Å²) in [6, 6.07) is 11.3. The molecular formula is C22H34N6. The Morgan fingerprint density at radius 1 is 1.21 bits per heavy atom. The van der Waals surface area contributed by atoms with E-state index in [2.05, 4.69) is 71.7 Å².